The predicted octanol–water partition coefficient (Wildman–Crippen LogP) is 2.50. The lowest BCUT2D eigenvalue weighted by molar-refractivity contribution is -0.137. The number of hydrogen-bond donors (Lipinski definition) is 2. The van der Waals surface area contributed by atoms with Crippen molar-refractivity contribution in [1.29, 1.82) is 0 Å². The van der Waals surface area contributed by atoms with Crippen LogP contribution in [0.4, 0.5) is 13.2 Å². The second-order valence-corrected chi connectivity index (χ2v) is 5.07. The van der Waals surface area contributed by atoms with Crippen LogP contribution in [0.1, 0.15) is 25.0 Å². The molecule has 100 valence electrons. The van der Waals surface area contributed by atoms with Crippen molar-refractivity contribution < 1.29 is 13.2 Å². The van der Waals surface area contributed by atoms with Crippen LogP contribution in [0, 0.1) is 0 Å². The molecule has 2 nitrogen and oxygen atoms in total. The number of rotatable bonds is 1. The Bertz CT molecular complexity index is 403. The maximum atomic E-state index is 12.5. The first kappa shape index (κ1) is 13.4. The van der Waals surface area contributed by atoms with Gasteiger partial charge in [-0.1, -0.05) is 12.1 Å². The topological polar surface area (TPSA) is 24.1 Å². The molecule has 1 fully saturated rings. The maximum Gasteiger partial charge on any atom is 0.416 e. The van der Waals surface area contributed by atoms with E-state index in [1.165, 1.54) is 0 Å². The zero-order valence-corrected chi connectivity index (χ0v) is 10.4. The molecule has 1 heterocycles. The molecule has 1 aromatic carbocycles. The Balaban J connectivity index is 2.19. The molecule has 0 bridgehead atoms. The van der Waals surface area contributed by atoms with Crippen molar-refractivity contribution in [3.63, 3.8) is 0 Å². The normalized spacial score (nSPS) is 29.3. The van der Waals surface area contributed by atoms with Gasteiger partial charge in [0, 0.05) is 19.1 Å². The molecule has 1 aliphatic heterocycles. The van der Waals surface area contributed by atoms with Crippen molar-refractivity contribution in [3.05, 3.63) is 35.4 Å². The largest absolute Gasteiger partial charge is 0.416 e. The van der Waals surface area contributed by atoms with Gasteiger partial charge >= 0.3 is 6.18 Å². The molecule has 2 N–H and O–H groups in total. The molecule has 0 saturated carbocycles. The fraction of sp³-hybridized carbons (Fsp3) is 0.538. The highest BCUT2D eigenvalue weighted by molar-refractivity contribution is 5.30. The average Bonchev–Trinajstić information content (AvgIpc) is 2.32. The highest BCUT2D eigenvalue weighted by atomic mass is 19.4. The van der Waals surface area contributed by atoms with Crippen molar-refractivity contribution >= 4 is 0 Å². The van der Waals surface area contributed by atoms with Gasteiger partial charge < -0.3 is 10.6 Å². The van der Waals surface area contributed by atoms with E-state index in [1.54, 1.807) is 12.1 Å². The molecule has 0 spiro atoms. The maximum absolute atomic E-state index is 12.5. The van der Waals surface area contributed by atoms with Crippen LogP contribution < -0.4 is 10.6 Å². The van der Waals surface area contributed by atoms with Crippen LogP contribution in [0.5, 0.6) is 0 Å². The Morgan fingerprint density at radius 3 is 2.28 bits per heavy atom. The molecule has 18 heavy (non-hydrogen) atoms. The van der Waals surface area contributed by atoms with Crippen LogP contribution in [0.15, 0.2) is 24.3 Å². The molecule has 0 amide bonds. The third-order valence-electron chi connectivity index (χ3n) is 3.45. The second kappa shape index (κ2) is 4.55. The van der Waals surface area contributed by atoms with E-state index in [9.17, 15) is 13.2 Å². The van der Waals surface area contributed by atoms with Gasteiger partial charge in [-0.05, 0) is 31.5 Å². The number of piperazine rings is 1. The van der Waals surface area contributed by atoms with E-state index in [-0.39, 0.29) is 5.54 Å². The fourth-order valence-corrected chi connectivity index (χ4v) is 2.12. The highest BCUT2D eigenvalue weighted by Crippen LogP contribution is 2.31. The van der Waals surface area contributed by atoms with Crippen molar-refractivity contribution in [1.82, 2.24) is 10.6 Å². The van der Waals surface area contributed by atoms with Gasteiger partial charge in [-0.3, -0.25) is 0 Å². The quantitative estimate of drug-likeness (QED) is 0.808. The van der Waals surface area contributed by atoms with E-state index in [4.69, 9.17) is 0 Å². The molecule has 0 aromatic heterocycles. The third-order valence-corrected chi connectivity index (χ3v) is 3.45. The average molecular weight is 258 g/mol. The minimum atomic E-state index is -4.27. The molecular weight excluding hydrogens is 241 g/mol. The van der Waals surface area contributed by atoms with Gasteiger partial charge in [0.2, 0.25) is 0 Å². The summed E-state index contributed by atoms with van der Waals surface area (Å²) in [6, 6.07) is 5.76. The Hall–Kier alpha value is -1.07. The molecule has 1 aromatic rings. The number of alkyl halides is 3. The Kier molecular flexibility index (Phi) is 3.38. The number of halogens is 3. The molecule has 1 aliphatic rings. The smallest absolute Gasteiger partial charge is 0.311 e. The lowest BCUT2D eigenvalue weighted by Crippen LogP contribution is -2.58. The Labute approximate surface area is 105 Å². The first-order valence-electron chi connectivity index (χ1n) is 5.97. The molecule has 2 atom stereocenters. The van der Waals surface area contributed by atoms with Crippen LogP contribution in [0.25, 0.3) is 0 Å². The van der Waals surface area contributed by atoms with Crippen molar-refractivity contribution in [2.24, 2.45) is 0 Å². The monoisotopic (exact) mass is 258 g/mol. The van der Waals surface area contributed by atoms with E-state index in [0.29, 0.717) is 12.6 Å². The lowest BCUT2D eigenvalue weighted by atomic mass is 9.89. The minimum Gasteiger partial charge on any atom is -0.311 e. The van der Waals surface area contributed by atoms with Crippen LogP contribution in [-0.2, 0) is 11.7 Å². The van der Waals surface area contributed by atoms with Gasteiger partial charge in [-0.2, -0.15) is 13.2 Å². The standard InChI is InChI=1S/C13H17F3N2/c1-9-7-18-12(2,8-17-9)10-3-5-11(6-4-10)13(14,15)16/h3-6,9,17-18H,7-8H2,1-2H3. The second-order valence-electron chi connectivity index (χ2n) is 5.07. The van der Waals surface area contributed by atoms with Crippen molar-refractivity contribution in [2.75, 3.05) is 13.1 Å². The van der Waals surface area contributed by atoms with Gasteiger partial charge in [0.1, 0.15) is 0 Å². The van der Waals surface area contributed by atoms with Crippen LogP contribution in [0.3, 0.4) is 0 Å². The number of hydrogen-bond acceptors (Lipinski definition) is 2. The first-order valence-corrected chi connectivity index (χ1v) is 5.97. The summed E-state index contributed by atoms with van der Waals surface area (Å²) in [5, 5.41) is 6.71. The number of nitrogens with one attached hydrogen (secondary N) is 2. The minimum absolute atomic E-state index is 0.309. The summed E-state index contributed by atoms with van der Waals surface area (Å²) >= 11 is 0. The summed E-state index contributed by atoms with van der Waals surface area (Å²) in [5.41, 5.74) is -0.0433. The lowest BCUT2D eigenvalue weighted by Gasteiger charge is -2.39. The van der Waals surface area contributed by atoms with Gasteiger partial charge in [-0.25, -0.2) is 0 Å². The zero-order valence-electron chi connectivity index (χ0n) is 10.4. The van der Waals surface area contributed by atoms with Gasteiger partial charge in [0.25, 0.3) is 0 Å². The molecule has 1 saturated heterocycles. The molecule has 2 unspecified atom stereocenters. The van der Waals surface area contributed by atoms with Gasteiger partial charge in [0.15, 0.2) is 0 Å². The Morgan fingerprint density at radius 1 is 1.22 bits per heavy atom. The van der Waals surface area contributed by atoms with E-state index < -0.39 is 11.7 Å². The van der Waals surface area contributed by atoms with Gasteiger partial charge in [-0.15, -0.1) is 0 Å². The fourth-order valence-electron chi connectivity index (χ4n) is 2.12. The highest BCUT2D eigenvalue weighted by Gasteiger charge is 2.33. The molecular formula is C13H17F3N2. The molecule has 5 heteroatoms. The predicted molar refractivity (Wildman–Crippen MR) is 64.3 cm³/mol. The SMILES string of the molecule is CC1CNC(C)(c2ccc(C(F)(F)F)cc2)CN1. The summed E-state index contributed by atoms with van der Waals surface area (Å²) in [7, 11) is 0. The van der Waals surface area contributed by atoms with Crippen LogP contribution in [-0.4, -0.2) is 19.1 Å². The summed E-state index contributed by atoms with van der Waals surface area (Å²) in [5.74, 6) is 0. The van der Waals surface area contributed by atoms with E-state index in [0.717, 1.165) is 24.2 Å². The summed E-state index contributed by atoms with van der Waals surface area (Å²) in [6.07, 6.45) is -4.27. The van der Waals surface area contributed by atoms with Crippen molar-refractivity contribution in [3.8, 4) is 0 Å². The van der Waals surface area contributed by atoms with E-state index >= 15 is 0 Å². The summed E-state index contributed by atoms with van der Waals surface area (Å²) in [4.78, 5) is 0. The van der Waals surface area contributed by atoms with Gasteiger partial charge in [0.05, 0.1) is 11.1 Å². The Morgan fingerprint density at radius 2 is 1.83 bits per heavy atom. The first-order chi connectivity index (χ1) is 8.31. The molecule has 0 aliphatic carbocycles. The summed E-state index contributed by atoms with van der Waals surface area (Å²) < 4.78 is 37.4. The number of benzene rings is 1. The molecule has 0 radical (unpaired) electrons. The van der Waals surface area contributed by atoms with Crippen LogP contribution in [0.2, 0.25) is 0 Å². The molecule has 2 rings (SSSR count). The third kappa shape index (κ3) is 2.67. The zero-order chi connectivity index (χ0) is 13.4. The van der Waals surface area contributed by atoms with E-state index in [1.807, 2.05) is 6.92 Å². The summed E-state index contributed by atoms with van der Waals surface area (Å²) in [6.45, 7) is 5.57. The van der Waals surface area contributed by atoms with Crippen molar-refractivity contribution in [2.45, 2.75) is 31.6 Å². The van der Waals surface area contributed by atoms with E-state index in [2.05, 4.69) is 17.6 Å². The van der Waals surface area contributed by atoms with Crippen LogP contribution >= 0.6 is 0 Å².